The van der Waals surface area contributed by atoms with Crippen LogP contribution < -0.4 is 0 Å². The number of benzene rings is 1. The zero-order chi connectivity index (χ0) is 13.4. The van der Waals surface area contributed by atoms with Crippen molar-refractivity contribution in [1.82, 2.24) is 0 Å². The number of allylic oxidation sites excluding steroid dienone is 2. The van der Waals surface area contributed by atoms with Crippen molar-refractivity contribution in [1.29, 1.82) is 0 Å². The normalized spacial score (nSPS) is 11.3. The Morgan fingerprint density at radius 2 is 2.22 bits per heavy atom. The number of carbonyl (C=O) groups is 1. The Labute approximate surface area is 108 Å². The van der Waals surface area contributed by atoms with E-state index < -0.39 is 0 Å². The third kappa shape index (κ3) is 5.04. The van der Waals surface area contributed by atoms with E-state index in [0.29, 0.717) is 13.0 Å². The quantitative estimate of drug-likeness (QED) is 0.618. The first kappa shape index (κ1) is 14.3. The van der Waals surface area contributed by atoms with Crippen molar-refractivity contribution >= 4 is 11.5 Å². The Hall–Kier alpha value is -1.77. The molecule has 0 aliphatic carbocycles. The number of esters is 1. The molecule has 0 heterocycles. The number of carbonyl (C=O) groups excluding carboxylic acids is 1. The topological polar surface area (TPSA) is 46.5 Å². The van der Waals surface area contributed by atoms with Crippen LogP contribution in [0.2, 0.25) is 0 Å². The van der Waals surface area contributed by atoms with E-state index in [1.165, 1.54) is 0 Å². The van der Waals surface area contributed by atoms with Gasteiger partial charge in [0.1, 0.15) is 5.75 Å². The lowest BCUT2D eigenvalue weighted by molar-refractivity contribution is -0.143. The number of rotatable bonds is 6. The molecule has 0 aliphatic heterocycles. The van der Waals surface area contributed by atoms with Gasteiger partial charge >= 0.3 is 5.97 Å². The van der Waals surface area contributed by atoms with Crippen molar-refractivity contribution < 1.29 is 14.6 Å². The molecule has 1 aromatic rings. The molecule has 1 aromatic carbocycles. The van der Waals surface area contributed by atoms with Crippen LogP contribution in [0.15, 0.2) is 30.3 Å². The number of unbranched alkanes of at least 4 members (excludes halogenated alkanes) is 1. The predicted octanol–water partition coefficient (Wildman–Crippen LogP) is 3.53. The third-order valence-corrected chi connectivity index (χ3v) is 2.64. The molecule has 0 fully saturated rings. The standard InChI is InChI=1S/C15H20O3/c1-3-18-15(17)10-5-4-7-12(2)13-8-6-9-14(16)11-13/h6-9,11,16H,3-5,10H2,1-2H3/b12-7-. The minimum atomic E-state index is -0.138. The Morgan fingerprint density at radius 3 is 2.89 bits per heavy atom. The largest absolute Gasteiger partial charge is 0.508 e. The van der Waals surface area contributed by atoms with Crippen LogP contribution in [0.25, 0.3) is 5.57 Å². The maximum absolute atomic E-state index is 11.1. The van der Waals surface area contributed by atoms with Gasteiger partial charge in [-0.05, 0) is 50.0 Å². The molecule has 3 heteroatoms. The molecule has 98 valence electrons. The van der Waals surface area contributed by atoms with Gasteiger partial charge in [0.15, 0.2) is 0 Å². The molecular weight excluding hydrogens is 228 g/mol. The lowest BCUT2D eigenvalue weighted by Gasteiger charge is -2.03. The average molecular weight is 248 g/mol. The van der Waals surface area contributed by atoms with E-state index in [1.807, 2.05) is 26.0 Å². The van der Waals surface area contributed by atoms with Crippen LogP contribution in [-0.2, 0) is 9.53 Å². The molecule has 0 radical (unpaired) electrons. The molecule has 0 saturated heterocycles. The van der Waals surface area contributed by atoms with Gasteiger partial charge < -0.3 is 9.84 Å². The monoisotopic (exact) mass is 248 g/mol. The summed E-state index contributed by atoms with van der Waals surface area (Å²) < 4.78 is 4.86. The lowest BCUT2D eigenvalue weighted by Crippen LogP contribution is -2.02. The Kier molecular flexibility index (Phi) is 5.98. The maximum atomic E-state index is 11.1. The van der Waals surface area contributed by atoms with Crippen LogP contribution in [0, 0.1) is 0 Å². The second kappa shape index (κ2) is 7.54. The summed E-state index contributed by atoms with van der Waals surface area (Å²) in [5, 5.41) is 9.38. The highest BCUT2D eigenvalue weighted by atomic mass is 16.5. The van der Waals surface area contributed by atoms with Gasteiger partial charge in [-0.25, -0.2) is 0 Å². The first-order valence-electron chi connectivity index (χ1n) is 6.25. The first-order valence-corrected chi connectivity index (χ1v) is 6.25. The van der Waals surface area contributed by atoms with Crippen LogP contribution in [0.5, 0.6) is 5.75 Å². The zero-order valence-electron chi connectivity index (χ0n) is 11.0. The Bertz CT molecular complexity index is 422. The molecular formula is C15H20O3. The molecule has 3 nitrogen and oxygen atoms in total. The third-order valence-electron chi connectivity index (χ3n) is 2.64. The van der Waals surface area contributed by atoms with Crippen molar-refractivity contribution in [2.75, 3.05) is 6.61 Å². The molecule has 0 amide bonds. The first-order chi connectivity index (χ1) is 8.63. The molecule has 0 unspecified atom stereocenters. The Balaban J connectivity index is 2.40. The minimum Gasteiger partial charge on any atom is -0.508 e. The van der Waals surface area contributed by atoms with Crippen LogP contribution in [0.3, 0.4) is 0 Å². The van der Waals surface area contributed by atoms with E-state index in [0.717, 1.165) is 24.0 Å². The molecule has 0 aromatic heterocycles. The highest BCUT2D eigenvalue weighted by Gasteiger charge is 2.00. The van der Waals surface area contributed by atoms with Gasteiger partial charge in [-0.3, -0.25) is 4.79 Å². The molecule has 0 atom stereocenters. The van der Waals surface area contributed by atoms with Gasteiger partial charge in [0.05, 0.1) is 6.61 Å². The molecule has 0 bridgehead atoms. The minimum absolute atomic E-state index is 0.138. The van der Waals surface area contributed by atoms with Gasteiger partial charge in [-0.1, -0.05) is 18.2 Å². The molecule has 0 spiro atoms. The fraction of sp³-hybridized carbons (Fsp3) is 0.400. The number of phenols is 1. The fourth-order valence-electron chi connectivity index (χ4n) is 1.67. The highest BCUT2D eigenvalue weighted by molar-refractivity contribution is 5.69. The number of aromatic hydroxyl groups is 1. The van der Waals surface area contributed by atoms with E-state index in [9.17, 15) is 9.90 Å². The SMILES string of the molecule is CCOC(=O)CCC/C=C(/C)c1cccc(O)c1. The number of hydrogen-bond donors (Lipinski definition) is 1. The van der Waals surface area contributed by atoms with Crippen molar-refractivity contribution in [2.24, 2.45) is 0 Å². The van der Waals surface area contributed by atoms with Crippen LogP contribution in [0.4, 0.5) is 0 Å². The summed E-state index contributed by atoms with van der Waals surface area (Å²) in [5.74, 6) is 0.132. The van der Waals surface area contributed by atoms with E-state index in [2.05, 4.69) is 6.08 Å². The predicted molar refractivity (Wildman–Crippen MR) is 72.2 cm³/mol. The summed E-state index contributed by atoms with van der Waals surface area (Å²) in [4.78, 5) is 11.1. The van der Waals surface area contributed by atoms with Gasteiger partial charge in [0.25, 0.3) is 0 Å². The van der Waals surface area contributed by atoms with E-state index >= 15 is 0 Å². The van der Waals surface area contributed by atoms with E-state index in [1.54, 1.807) is 12.1 Å². The van der Waals surface area contributed by atoms with Gasteiger partial charge in [-0.15, -0.1) is 0 Å². The summed E-state index contributed by atoms with van der Waals surface area (Å²) >= 11 is 0. The molecule has 0 aliphatic rings. The Morgan fingerprint density at radius 1 is 1.44 bits per heavy atom. The summed E-state index contributed by atoms with van der Waals surface area (Å²) in [6.07, 6.45) is 4.15. The van der Waals surface area contributed by atoms with Gasteiger partial charge in [-0.2, -0.15) is 0 Å². The van der Waals surface area contributed by atoms with E-state index in [4.69, 9.17) is 4.74 Å². The molecule has 0 saturated carbocycles. The van der Waals surface area contributed by atoms with Crippen molar-refractivity contribution in [3.8, 4) is 5.75 Å². The lowest BCUT2D eigenvalue weighted by atomic mass is 10.1. The second-order valence-electron chi connectivity index (χ2n) is 4.13. The summed E-state index contributed by atoms with van der Waals surface area (Å²) in [5.41, 5.74) is 2.11. The van der Waals surface area contributed by atoms with Crippen molar-refractivity contribution in [3.05, 3.63) is 35.9 Å². The summed E-state index contributed by atoms with van der Waals surface area (Å²) in [6, 6.07) is 7.16. The number of ether oxygens (including phenoxy) is 1. The highest BCUT2D eigenvalue weighted by Crippen LogP contribution is 2.19. The molecule has 18 heavy (non-hydrogen) atoms. The van der Waals surface area contributed by atoms with Crippen molar-refractivity contribution in [2.45, 2.75) is 33.1 Å². The average Bonchev–Trinajstić information content (AvgIpc) is 2.35. The van der Waals surface area contributed by atoms with Crippen LogP contribution >= 0.6 is 0 Å². The van der Waals surface area contributed by atoms with E-state index in [-0.39, 0.29) is 11.7 Å². The smallest absolute Gasteiger partial charge is 0.305 e. The molecule has 1 rings (SSSR count). The van der Waals surface area contributed by atoms with Crippen molar-refractivity contribution in [3.63, 3.8) is 0 Å². The molecule has 1 N–H and O–H groups in total. The second-order valence-corrected chi connectivity index (χ2v) is 4.13. The number of hydrogen-bond acceptors (Lipinski definition) is 3. The fourth-order valence-corrected chi connectivity index (χ4v) is 1.67. The van der Waals surface area contributed by atoms with Crippen LogP contribution in [-0.4, -0.2) is 17.7 Å². The van der Waals surface area contributed by atoms with Gasteiger partial charge in [0.2, 0.25) is 0 Å². The summed E-state index contributed by atoms with van der Waals surface area (Å²) in [7, 11) is 0. The van der Waals surface area contributed by atoms with Crippen LogP contribution in [0.1, 0.15) is 38.7 Å². The zero-order valence-corrected chi connectivity index (χ0v) is 11.0. The van der Waals surface area contributed by atoms with Gasteiger partial charge in [0, 0.05) is 6.42 Å². The summed E-state index contributed by atoms with van der Waals surface area (Å²) in [6.45, 7) is 4.25. The maximum Gasteiger partial charge on any atom is 0.305 e. The number of phenolic OH excluding ortho intramolecular Hbond substituents is 1.